The average molecular weight is 414 g/mol. The number of nitrogens with two attached hydrogens (primary N) is 1. The molecule has 0 aliphatic rings. The van der Waals surface area contributed by atoms with Gasteiger partial charge in [-0.25, -0.2) is 13.8 Å². The number of carbonyl (C=O) groups excluding carboxylic acids is 3. The summed E-state index contributed by atoms with van der Waals surface area (Å²) in [6.45, 7) is 1.26. The van der Waals surface area contributed by atoms with E-state index in [9.17, 15) is 23.2 Å². The summed E-state index contributed by atoms with van der Waals surface area (Å²) in [5.74, 6) is -3.27. The number of thiazole rings is 1. The van der Waals surface area contributed by atoms with Crippen LogP contribution in [0.1, 0.15) is 22.2 Å². The van der Waals surface area contributed by atoms with Crippen LogP contribution >= 0.6 is 11.3 Å². The lowest BCUT2D eigenvalue weighted by molar-refractivity contribution is -0.122. The molecule has 147 valence electrons. The zero-order valence-corrected chi connectivity index (χ0v) is 15.8. The van der Waals surface area contributed by atoms with Crippen molar-refractivity contribution in [3.8, 4) is 11.3 Å². The van der Waals surface area contributed by atoms with Crippen LogP contribution in [0, 0.1) is 17.6 Å². The number of nitrogens with one attached hydrogen (secondary N) is 1. The van der Waals surface area contributed by atoms with Gasteiger partial charge < -0.3 is 11.1 Å². The molecule has 1 radical (unpaired) electrons. The van der Waals surface area contributed by atoms with Gasteiger partial charge in [-0.2, -0.15) is 0 Å². The predicted molar refractivity (Wildman–Crippen MR) is 104 cm³/mol. The van der Waals surface area contributed by atoms with Crippen LogP contribution in [0.15, 0.2) is 48.5 Å². The number of anilines is 1. The Morgan fingerprint density at radius 2 is 1.52 bits per heavy atom. The Balaban J connectivity index is 2.02. The molecule has 0 aliphatic carbocycles. The summed E-state index contributed by atoms with van der Waals surface area (Å²) >= 11 is 0.878. The Morgan fingerprint density at radius 3 is 2.07 bits per heavy atom. The third-order valence-electron chi connectivity index (χ3n) is 3.99. The molecular weight excluding hydrogens is 400 g/mol. The predicted octanol–water partition coefficient (Wildman–Crippen LogP) is 3.34. The molecule has 29 heavy (non-hydrogen) atoms. The summed E-state index contributed by atoms with van der Waals surface area (Å²) in [5.41, 5.74) is 5.98. The number of carbonyl (C=O) groups is 3. The highest BCUT2D eigenvalue weighted by Gasteiger charge is 2.25. The molecule has 2 amide bonds. The van der Waals surface area contributed by atoms with E-state index in [1.807, 2.05) is 0 Å². The largest absolute Gasteiger partial charge is 0.369 e. The molecule has 0 atom stereocenters. The number of hydrogen-bond donors (Lipinski definition) is 2. The van der Waals surface area contributed by atoms with Gasteiger partial charge in [0.15, 0.2) is 5.13 Å². The van der Waals surface area contributed by atoms with Gasteiger partial charge in [-0.3, -0.25) is 14.4 Å². The van der Waals surface area contributed by atoms with Crippen molar-refractivity contribution in [1.82, 2.24) is 4.98 Å². The van der Waals surface area contributed by atoms with Crippen molar-refractivity contribution in [3.05, 3.63) is 76.5 Å². The minimum Gasteiger partial charge on any atom is -0.369 e. The van der Waals surface area contributed by atoms with E-state index < -0.39 is 29.2 Å². The topological polar surface area (TPSA) is 102 Å². The SMILES string of the molecule is C[C](C(N)=O)C(=O)Nc1nc(-c2ccc(F)cc2)c(C(=O)c2ccc(F)cc2)s1. The summed E-state index contributed by atoms with van der Waals surface area (Å²) in [7, 11) is 0. The first-order valence-corrected chi connectivity index (χ1v) is 9.09. The second-order valence-corrected chi connectivity index (χ2v) is 6.98. The first-order chi connectivity index (χ1) is 13.8. The van der Waals surface area contributed by atoms with Crippen LogP contribution in [0.2, 0.25) is 0 Å². The van der Waals surface area contributed by atoms with E-state index in [0.717, 1.165) is 23.5 Å². The average Bonchev–Trinajstić information content (AvgIpc) is 3.11. The Hall–Kier alpha value is -3.46. The van der Waals surface area contributed by atoms with E-state index in [0.29, 0.717) is 5.56 Å². The number of ketones is 1. The number of benzene rings is 2. The molecule has 6 nitrogen and oxygen atoms in total. The summed E-state index contributed by atoms with van der Waals surface area (Å²) in [5, 5.41) is 2.48. The van der Waals surface area contributed by atoms with Gasteiger partial charge in [0.2, 0.25) is 17.6 Å². The lowest BCUT2D eigenvalue weighted by Gasteiger charge is -2.04. The van der Waals surface area contributed by atoms with Gasteiger partial charge >= 0.3 is 0 Å². The highest BCUT2D eigenvalue weighted by Crippen LogP contribution is 2.33. The molecule has 0 saturated heterocycles. The smallest absolute Gasteiger partial charge is 0.243 e. The number of amides is 2. The van der Waals surface area contributed by atoms with Crippen molar-refractivity contribution in [2.24, 2.45) is 5.73 Å². The third kappa shape index (κ3) is 4.52. The number of hydrogen-bond acceptors (Lipinski definition) is 5. The maximum atomic E-state index is 13.3. The number of halogens is 2. The summed E-state index contributed by atoms with van der Waals surface area (Å²) < 4.78 is 26.5. The molecule has 0 spiro atoms. The van der Waals surface area contributed by atoms with Crippen molar-refractivity contribution in [3.63, 3.8) is 0 Å². The molecule has 1 heterocycles. The summed E-state index contributed by atoms with van der Waals surface area (Å²) in [6, 6.07) is 10.3. The highest BCUT2D eigenvalue weighted by atomic mass is 32.1. The minimum atomic E-state index is -0.888. The second-order valence-electron chi connectivity index (χ2n) is 5.98. The van der Waals surface area contributed by atoms with Crippen LogP contribution in [0.3, 0.4) is 0 Å². The lowest BCUT2D eigenvalue weighted by Crippen LogP contribution is -2.30. The number of nitrogens with zero attached hydrogens (tertiary/aromatic N) is 1. The van der Waals surface area contributed by atoms with Crippen LogP contribution in [0.5, 0.6) is 0 Å². The molecule has 3 N–H and O–H groups in total. The van der Waals surface area contributed by atoms with Gasteiger partial charge in [0, 0.05) is 11.1 Å². The van der Waals surface area contributed by atoms with Gasteiger partial charge in [-0.1, -0.05) is 11.3 Å². The van der Waals surface area contributed by atoms with E-state index in [1.54, 1.807) is 0 Å². The van der Waals surface area contributed by atoms with Gasteiger partial charge in [0.1, 0.15) is 22.4 Å². The van der Waals surface area contributed by atoms with E-state index >= 15 is 0 Å². The summed E-state index contributed by atoms with van der Waals surface area (Å²) in [6.07, 6.45) is 0. The lowest BCUT2D eigenvalue weighted by atomic mass is 10.0. The molecule has 3 rings (SSSR count). The van der Waals surface area contributed by atoms with Gasteiger partial charge in [-0.15, -0.1) is 0 Å². The van der Waals surface area contributed by atoms with E-state index in [1.165, 1.54) is 43.3 Å². The van der Waals surface area contributed by atoms with E-state index in [2.05, 4.69) is 10.3 Å². The standard InChI is InChI=1S/C20H14F2N3O3S/c1-10(18(23)27)19(28)25-20-24-15(11-2-6-13(21)7-3-11)17(29-20)16(26)12-4-8-14(22)9-5-12/h2-9H,1H3,(H2,23,27)(H,24,25,28). The molecular formula is C20H14F2N3O3S. The number of primary amides is 1. The van der Waals surface area contributed by atoms with Crippen LogP contribution in [-0.2, 0) is 9.59 Å². The van der Waals surface area contributed by atoms with Crippen LogP contribution in [0.25, 0.3) is 11.3 Å². The number of aromatic nitrogens is 1. The van der Waals surface area contributed by atoms with E-state index in [4.69, 9.17) is 5.73 Å². The molecule has 0 bridgehead atoms. The molecule has 0 unspecified atom stereocenters. The maximum absolute atomic E-state index is 13.3. The molecule has 2 aromatic carbocycles. The fourth-order valence-electron chi connectivity index (χ4n) is 2.37. The molecule has 3 aromatic rings. The van der Waals surface area contributed by atoms with Crippen molar-refractivity contribution in [1.29, 1.82) is 0 Å². The Kier molecular flexibility index (Phi) is 5.79. The highest BCUT2D eigenvalue weighted by molar-refractivity contribution is 7.18. The fraction of sp³-hybridized carbons (Fsp3) is 0.0500. The molecule has 0 saturated carbocycles. The normalized spacial score (nSPS) is 10.8. The Labute approximate surface area is 168 Å². The van der Waals surface area contributed by atoms with Crippen molar-refractivity contribution in [2.75, 3.05) is 5.32 Å². The van der Waals surface area contributed by atoms with Crippen LogP contribution in [0.4, 0.5) is 13.9 Å². The third-order valence-corrected chi connectivity index (χ3v) is 4.96. The first-order valence-electron chi connectivity index (χ1n) is 8.28. The van der Waals surface area contributed by atoms with Gasteiger partial charge in [-0.05, 0) is 55.5 Å². The Morgan fingerprint density at radius 1 is 0.966 bits per heavy atom. The number of rotatable bonds is 6. The van der Waals surface area contributed by atoms with Crippen LogP contribution < -0.4 is 11.1 Å². The fourth-order valence-corrected chi connectivity index (χ4v) is 3.31. The monoisotopic (exact) mass is 414 g/mol. The summed E-state index contributed by atoms with van der Waals surface area (Å²) in [4.78, 5) is 40.6. The van der Waals surface area contributed by atoms with Gasteiger partial charge in [0.25, 0.3) is 0 Å². The molecule has 9 heteroatoms. The minimum absolute atomic E-state index is 0.0559. The van der Waals surface area contributed by atoms with Crippen LogP contribution in [-0.4, -0.2) is 22.6 Å². The zero-order chi connectivity index (χ0) is 21.1. The zero-order valence-electron chi connectivity index (χ0n) is 15.0. The Bertz CT molecular complexity index is 1080. The van der Waals surface area contributed by atoms with Crippen molar-refractivity contribution in [2.45, 2.75) is 6.92 Å². The second kappa shape index (κ2) is 8.27. The molecule has 0 fully saturated rings. The molecule has 1 aromatic heterocycles. The molecule has 0 aliphatic heterocycles. The van der Waals surface area contributed by atoms with Crippen molar-refractivity contribution < 1.29 is 23.2 Å². The quantitative estimate of drug-likeness (QED) is 0.477. The van der Waals surface area contributed by atoms with E-state index in [-0.39, 0.29) is 27.2 Å². The first kappa shape index (κ1) is 20.3. The maximum Gasteiger partial charge on any atom is 0.243 e. The van der Waals surface area contributed by atoms with Gasteiger partial charge in [0.05, 0.1) is 5.69 Å². The van der Waals surface area contributed by atoms with Crippen molar-refractivity contribution >= 4 is 34.1 Å².